The van der Waals surface area contributed by atoms with E-state index in [0.29, 0.717) is 27.1 Å². The molecule has 1 aliphatic rings. The first-order valence-electron chi connectivity index (χ1n) is 10.1. The zero-order valence-corrected chi connectivity index (χ0v) is 19.8. The third-order valence-corrected chi connectivity index (χ3v) is 7.53. The number of ether oxygens (including phenoxy) is 2. The van der Waals surface area contributed by atoms with Crippen molar-refractivity contribution in [3.05, 3.63) is 81.8 Å². The molecule has 0 aliphatic carbocycles. The smallest absolute Gasteiger partial charge is 0.264 e. The zero-order valence-electron chi connectivity index (χ0n) is 17.5. The summed E-state index contributed by atoms with van der Waals surface area (Å²) in [6.45, 7) is 0.991. The van der Waals surface area contributed by atoms with Gasteiger partial charge in [-0.1, -0.05) is 41.4 Å². The molecule has 0 fully saturated rings. The second kappa shape index (κ2) is 9.40. The Hall–Kier alpha value is -2.49. The number of sulfonamides is 1. The number of hydrogen-bond acceptors (Lipinski definition) is 6. The second-order valence-electron chi connectivity index (χ2n) is 7.34. The number of aliphatic hydroxyl groups excluding tert-OH is 2. The van der Waals surface area contributed by atoms with Crippen molar-refractivity contribution >= 4 is 38.9 Å². The van der Waals surface area contributed by atoms with Gasteiger partial charge in [-0.25, -0.2) is 8.42 Å². The minimum absolute atomic E-state index is 0.0551. The lowest BCUT2D eigenvalue weighted by Gasteiger charge is -2.28. The molecule has 0 amide bonds. The van der Waals surface area contributed by atoms with E-state index in [1.54, 1.807) is 31.2 Å². The Morgan fingerprint density at radius 1 is 1.00 bits per heavy atom. The predicted octanol–water partition coefficient (Wildman–Crippen LogP) is 4.38. The number of hydrogen-bond donors (Lipinski definition) is 2. The summed E-state index contributed by atoms with van der Waals surface area (Å²) in [7, 11) is -4.17. The van der Waals surface area contributed by atoms with Crippen LogP contribution < -0.4 is 13.8 Å². The van der Waals surface area contributed by atoms with Crippen LogP contribution in [0.4, 0.5) is 5.69 Å². The first-order chi connectivity index (χ1) is 15.7. The van der Waals surface area contributed by atoms with Crippen molar-refractivity contribution in [2.45, 2.75) is 24.2 Å². The molecule has 7 nitrogen and oxygen atoms in total. The van der Waals surface area contributed by atoms with Gasteiger partial charge in [0.2, 0.25) is 6.29 Å². The molecule has 0 saturated carbocycles. The van der Waals surface area contributed by atoms with E-state index in [4.69, 9.17) is 32.7 Å². The fourth-order valence-corrected chi connectivity index (χ4v) is 5.56. The molecule has 2 unspecified atom stereocenters. The SMILES string of the molecule is CC1Oc2ccc(S(=O)(=O)N(CCO)c3ccc(Cl)cc3C(O)c3ccccc3Cl)cc2O1. The van der Waals surface area contributed by atoms with Crippen LogP contribution in [0, 0.1) is 0 Å². The Kier molecular flexibility index (Phi) is 6.74. The largest absolute Gasteiger partial charge is 0.451 e. The van der Waals surface area contributed by atoms with Gasteiger partial charge in [-0.2, -0.15) is 0 Å². The lowest BCUT2D eigenvalue weighted by molar-refractivity contribution is 0.0678. The summed E-state index contributed by atoms with van der Waals surface area (Å²) in [5, 5.41) is 21.4. The molecular formula is C23H21Cl2NO6S. The molecule has 0 radical (unpaired) electrons. The van der Waals surface area contributed by atoms with Gasteiger partial charge in [-0.3, -0.25) is 4.31 Å². The Balaban J connectivity index is 1.82. The van der Waals surface area contributed by atoms with Gasteiger partial charge >= 0.3 is 0 Å². The van der Waals surface area contributed by atoms with Crippen LogP contribution >= 0.6 is 23.2 Å². The number of anilines is 1. The maximum absolute atomic E-state index is 13.6. The molecule has 1 aliphatic heterocycles. The minimum Gasteiger partial charge on any atom is -0.451 e. The van der Waals surface area contributed by atoms with Crippen molar-refractivity contribution in [2.75, 3.05) is 17.5 Å². The standard InChI is InChI=1S/C23H21Cl2NO6S/c1-14-31-21-9-7-16(13-22(21)32-14)33(29,30)26(10-11-27)20-8-6-15(24)12-18(20)23(28)17-4-2-3-5-19(17)25/h2-9,12-14,23,27-28H,10-11H2,1H3. The lowest BCUT2D eigenvalue weighted by Crippen LogP contribution is -2.34. The van der Waals surface area contributed by atoms with Crippen LogP contribution in [0.2, 0.25) is 10.0 Å². The summed E-state index contributed by atoms with van der Waals surface area (Å²) in [6.07, 6.45) is -1.79. The summed E-state index contributed by atoms with van der Waals surface area (Å²) in [5.74, 6) is 0.747. The van der Waals surface area contributed by atoms with Crippen LogP contribution in [0.5, 0.6) is 11.5 Å². The summed E-state index contributed by atoms with van der Waals surface area (Å²) in [4.78, 5) is -0.0551. The number of halogens is 2. The highest BCUT2D eigenvalue weighted by Crippen LogP contribution is 2.40. The molecule has 174 valence electrons. The first-order valence-corrected chi connectivity index (χ1v) is 12.2. The van der Waals surface area contributed by atoms with Crippen LogP contribution in [-0.4, -0.2) is 38.1 Å². The molecule has 3 aromatic rings. The highest BCUT2D eigenvalue weighted by Gasteiger charge is 2.31. The molecule has 2 N–H and O–H groups in total. The van der Waals surface area contributed by atoms with Crippen molar-refractivity contribution < 1.29 is 28.1 Å². The van der Waals surface area contributed by atoms with E-state index in [-0.39, 0.29) is 22.7 Å². The van der Waals surface area contributed by atoms with Gasteiger partial charge in [0.25, 0.3) is 10.0 Å². The monoisotopic (exact) mass is 509 g/mol. The molecule has 0 bridgehead atoms. The van der Waals surface area contributed by atoms with E-state index in [1.807, 2.05) is 0 Å². The fraction of sp³-hybridized carbons (Fsp3) is 0.217. The molecule has 0 aromatic heterocycles. The number of rotatable bonds is 7. The third-order valence-electron chi connectivity index (χ3n) is 5.14. The number of fused-ring (bicyclic) bond motifs is 1. The molecule has 3 aromatic carbocycles. The Labute approximate surface area is 201 Å². The number of benzene rings is 3. The van der Waals surface area contributed by atoms with Crippen molar-refractivity contribution in [2.24, 2.45) is 0 Å². The van der Waals surface area contributed by atoms with Gasteiger partial charge in [0.05, 0.1) is 23.7 Å². The van der Waals surface area contributed by atoms with Crippen molar-refractivity contribution in [3.63, 3.8) is 0 Å². The highest BCUT2D eigenvalue weighted by molar-refractivity contribution is 7.92. The third kappa shape index (κ3) is 4.62. The van der Waals surface area contributed by atoms with E-state index in [1.165, 1.54) is 36.4 Å². The minimum atomic E-state index is -4.17. The molecule has 1 heterocycles. The van der Waals surface area contributed by atoms with Crippen LogP contribution in [-0.2, 0) is 10.0 Å². The molecule has 10 heteroatoms. The predicted molar refractivity (Wildman–Crippen MR) is 126 cm³/mol. The molecule has 33 heavy (non-hydrogen) atoms. The summed E-state index contributed by atoms with van der Waals surface area (Å²) in [6, 6.07) is 15.5. The van der Waals surface area contributed by atoms with Gasteiger partial charge in [0, 0.05) is 34.2 Å². The molecule has 4 rings (SSSR count). The van der Waals surface area contributed by atoms with Crippen molar-refractivity contribution in [1.29, 1.82) is 0 Å². The molecule has 0 spiro atoms. The lowest BCUT2D eigenvalue weighted by atomic mass is 9.99. The molecular weight excluding hydrogens is 489 g/mol. The van der Waals surface area contributed by atoms with E-state index < -0.39 is 29.0 Å². The van der Waals surface area contributed by atoms with Crippen molar-refractivity contribution in [3.8, 4) is 11.5 Å². The van der Waals surface area contributed by atoms with Gasteiger partial charge in [-0.15, -0.1) is 0 Å². The number of aliphatic hydroxyl groups is 2. The quantitative estimate of drug-likeness (QED) is 0.490. The zero-order chi connectivity index (χ0) is 23.8. The van der Waals surface area contributed by atoms with Crippen LogP contribution in [0.1, 0.15) is 24.2 Å². The first kappa shape index (κ1) is 23.7. The summed E-state index contributed by atoms with van der Waals surface area (Å²) >= 11 is 12.4. The highest BCUT2D eigenvalue weighted by atomic mass is 35.5. The summed E-state index contributed by atoms with van der Waals surface area (Å²) in [5.41, 5.74) is 0.773. The average Bonchev–Trinajstić information content (AvgIpc) is 3.16. The Bertz CT molecular complexity index is 1280. The van der Waals surface area contributed by atoms with E-state index in [2.05, 4.69) is 0 Å². The molecule has 2 atom stereocenters. The maximum Gasteiger partial charge on any atom is 0.264 e. The van der Waals surface area contributed by atoms with Gasteiger partial charge in [0.15, 0.2) is 11.5 Å². The second-order valence-corrected chi connectivity index (χ2v) is 10.0. The topological polar surface area (TPSA) is 96.3 Å². The Morgan fingerprint density at radius 3 is 2.45 bits per heavy atom. The van der Waals surface area contributed by atoms with Crippen LogP contribution in [0.15, 0.2) is 65.6 Å². The van der Waals surface area contributed by atoms with Gasteiger partial charge in [0.1, 0.15) is 6.10 Å². The fourth-order valence-electron chi connectivity index (χ4n) is 3.64. The molecule has 0 saturated heterocycles. The van der Waals surface area contributed by atoms with E-state index in [9.17, 15) is 18.6 Å². The average molecular weight is 510 g/mol. The van der Waals surface area contributed by atoms with E-state index >= 15 is 0 Å². The van der Waals surface area contributed by atoms with Gasteiger partial charge in [-0.05, 0) is 36.4 Å². The van der Waals surface area contributed by atoms with Crippen molar-refractivity contribution in [1.82, 2.24) is 0 Å². The van der Waals surface area contributed by atoms with Crippen LogP contribution in [0.25, 0.3) is 0 Å². The normalized spacial score (nSPS) is 16.0. The van der Waals surface area contributed by atoms with Gasteiger partial charge < -0.3 is 19.7 Å². The number of nitrogens with zero attached hydrogens (tertiary/aromatic N) is 1. The van der Waals surface area contributed by atoms with Crippen LogP contribution in [0.3, 0.4) is 0 Å². The summed E-state index contributed by atoms with van der Waals surface area (Å²) < 4.78 is 39.3. The Morgan fingerprint density at radius 2 is 1.73 bits per heavy atom. The maximum atomic E-state index is 13.6. The van der Waals surface area contributed by atoms with E-state index in [0.717, 1.165) is 4.31 Å².